The number of allylic oxidation sites excluding steroid dienone is 1. The van der Waals surface area contributed by atoms with Gasteiger partial charge in [-0.1, -0.05) is 46.3 Å². The van der Waals surface area contributed by atoms with Crippen molar-refractivity contribution in [3.8, 4) is 0 Å². The van der Waals surface area contributed by atoms with E-state index in [1.807, 2.05) is 0 Å². The second-order valence-electron chi connectivity index (χ2n) is 20.9. The summed E-state index contributed by atoms with van der Waals surface area (Å²) in [4.78, 5) is 0. The summed E-state index contributed by atoms with van der Waals surface area (Å²) in [5.74, 6) is 0.0927. The first-order valence-electron chi connectivity index (χ1n) is 23.2. The van der Waals surface area contributed by atoms with Crippen molar-refractivity contribution in [3.05, 3.63) is 11.6 Å². The van der Waals surface area contributed by atoms with Crippen LogP contribution in [0, 0.1) is 46.3 Å². The maximum atomic E-state index is 11.8. The van der Waals surface area contributed by atoms with Crippen LogP contribution in [0.1, 0.15) is 99.8 Å². The van der Waals surface area contributed by atoms with Gasteiger partial charge >= 0.3 is 0 Å². The number of ether oxygens (including phenoxy) is 6. The first-order valence-corrected chi connectivity index (χ1v) is 23.2. The Bertz CT molecular complexity index is 1530. The summed E-state index contributed by atoms with van der Waals surface area (Å²) < 4.78 is 37.6. The molecule has 7 rings (SSSR count). The van der Waals surface area contributed by atoms with Gasteiger partial charge in [0.15, 0.2) is 18.9 Å². The molecule has 3 aliphatic heterocycles. The first kappa shape index (κ1) is 49.0. The smallest absolute Gasteiger partial charge is 0.186 e. The van der Waals surface area contributed by atoms with Crippen molar-refractivity contribution in [2.45, 2.75) is 216 Å². The first-order chi connectivity index (χ1) is 29.1. The van der Waals surface area contributed by atoms with Crippen LogP contribution < -0.4 is 0 Å². The lowest BCUT2D eigenvalue weighted by atomic mass is 9.46. The molecule has 358 valence electrons. The van der Waals surface area contributed by atoms with Gasteiger partial charge in [-0.15, -0.1) is 0 Å². The lowest BCUT2D eigenvalue weighted by molar-refractivity contribution is -0.329. The van der Waals surface area contributed by atoms with Crippen LogP contribution in [-0.2, 0) is 28.4 Å². The van der Waals surface area contributed by atoms with Crippen molar-refractivity contribution in [3.63, 3.8) is 0 Å². The molecule has 17 heteroatoms. The van der Waals surface area contributed by atoms with E-state index in [2.05, 4.69) is 40.7 Å². The average Bonchev–Trinajstić information content (AvgIpc) is 3.53. The molecule has 0 aromatic heterocycles. The summed E-state index contributed by atoms with van der Waals surface area (Å²) in [6.45, 7) is 13.3. The van der Waals surface area contributed by atoms with E-state index in [-0.39, 0.29) is 41.4 Å². The highest BCUT2D eigenvalue weighted by molar-refractivity contribution is 5.28. The largest absolute Gasteiger partial charge is 0.394 e. The molecule has 7 aliphatic rings. The summed E-state index contributed by atoms with van der Waals surface area (Å²) in [7, 11) is 0. The van der Waals surface area contributed by atoms with Gasteiger partial charge < -0.3 is 84.6 Å². The maximum Gasteiger partial charge on any atom is 0.186 e. The van der Waals surface area contributed by atoms with Gasteiger partial charge in [-0.05, 0) is 99.7 Å². The topological polar surface area (TPSA) is 278 Å². The number of fused-ring (bicyclic) bond motifs is 5. The van der Waals surface area contributed by atoms with Gasteiger partial charge in [0.25, 0.3) is 0 Å². The molecular weight excluding hydrogens is 812 g/mol. The molecular formula is C45H76O17. The van der Waals surface area contributed by atoms with E-state index < -0.39 is 129 Å². The van der Waals surface area contributed by atoms with Crippen LogP contribution >= 0.6 is 0 Å². The molecule has 11 N–H and O–H groups in total. The third kappa shape index (κ3) is 8.72. The minimum absolute atomic E-state index is 0.0153. The number of hydrogen-bond donors (Lipinski definition) is 11. The molecule has 3 saturated carbocycles. The molecule has 62 heavy (non-hydrogen) atoms. The lowest BCUT2D eigenvalue weighted by Gasteiger charge is -2.61. The number of hydrogen-bond acceptors (Lipinski definition) is 17. The molecule has 4 aliphatic carbocycles. The monoisotopic (exact) mass is 889 g/mol. The second-order valence-corrected chi connectivity index (χ2v) is 20.9. The maximum absolute atomic E-state index is 11.8. The molecule has 26 atom stereocenters. The number of aliphatic hydroxyl groups is 11. The van der Waals surface area contributed by atoms with E-state index in [1.54, 1.807) is 13.8 Å². The summed E-state index contributed by atoms with van der Waals surface area (Å²) in [5.41, 5.74) is 0.0223. The second kappa shape index (κ2) is 19.0. The predicted octanol–water partition coefficient (Wildman–Crippen LogP) is -0.171. The molecule has 6 fully saturated rings. The van der Waals surface area contributed by atoms with E-state index in [1.165, 1.54) is 0 Å². The molecule has 0 aromatic rings. The van der Waals surface area contributed by atoms with Crippen molar-refractivity contribution >= 4 is 0 Å². The Morgan fingerprint density at radius 3 is 1.84 bits per heavy atom. The summed E-state index contributed by atoms with van der Waals surface area (Å²) in [6, 6.07) is 0. The van der Waals surface area contributed by atoms with Crippen LogP contribution in [-0.4, -0.2) is 179 Å². The van der Waals surface area contributed by atoms with Gasteiger partial charge in [-0.3, -0.25) is 0 Å². The van der Waals surface area contributed by atoms with Gasteiger partial charge in [0.1, 0.15) is 61.0 Å². The molecule has 5 unspecified atom stereocenters. The number of rotatable bonds is 12. The van der Waals surface area contributed by atoms with Crippen molar-refractivity contribution in [2.75, 3.05) is 6.61 Å². The molecule has 0 aromatic carbocycles. The Kier molecular flexibility index (Phi) is 15.0. The van der Waals surface area contributed by atoms with E-state index in [0.29, 0.717) is 31.6 Å². The summed E-state index contributed by atoms with van der Waals surface area (Å²) in [5, 5.41) is 118. The minimum Gasteiger partial charge on any atom is -0.394 e. The highest BCUT2D eigenvalue weighted by Crippen LogP contribution is 2.68. The van der Waals surface area contributed by atoms with Crippen LogP contribution in [0.5, 0.6) is 0 Å². The van der Waals surface area contributed by atoms with Crippen molar-refractivity contribution in [2.24, 2.45) is 46.3 Å². The van der Waals surface area contributed by atoms with E-state index in [4.69, 9.17) is 28.4 Å². The SMILES string of the molecule is CC(C)CC[C@H](O)C(C)C1[C@@H](O[C@@H]2O[C@H](CO)[C@@H](O)[C@H](O)[C@H]2O)CC2C3CC=C4C[C@@H](O[C@@H]5O[C@@H](C)[C@H](O)[C@@H](O)[C@H]5O)C[C@@H](O[C@@H]5O[C@@H](C)[C@H](O)[C@@H](O)[C@H]5O)[C@]4(C)C3CC[C@@]21C. The fourth-order valence-electron chi connectivity index (χ4n) is 13.0. The fraction of sp³-hybridized carbons (Fsp3) is 0.956. The van der Waals surface area contributed by atoms with Gasteiger partial charge in [0.2, 0.25) is 0 Å². The lowest BCUT2D eigenvalue weighted by Crippen LogP contribution is -2.62. The van der Waals surface area contributed by atoms with E-state index >= 15 is 0 Å². The van der Waals surface area contributed by atoms with Gasteiger partial charge in [0, 0.05) is 11.8 Å². The third-order valence-electron chi connectivity index (χ3n) is 16.8. The van der Waals surface area contributed by atoms with Gasteiger partial charge in [-0.2, -0.15) is 0 Å². The Balaban J connectivity index is 1.21. The molecule has 0 radical (unpaired) electrons. The normalized spacial score (nSPS) is 53.0. The average molecular weight is 889 g/mol. The van der Waals surface area contributed by atoms with Gasteiger partial charge in [-0.25, -0.2) is 0 Å². The zero-order chi connectivity index (χ0) is 45.3. The molecule has 0 bridgehead atoms. The van der Waals surface area contributed by atoms with Crippen molar-refractivity contribution in [1.29, 1.82) is 0 Å². The molecule has 17 nitrogen and oxygen atoms in total. The van der Waals surface area contributed by atoms with E-state index in [0.717, 1.165) is 24.8 Å². The Labute approximate surface area is 364 Å². The van der Waals surface area contributed by atoms with Crippen LogP contribution in [0.3, 0.4) is 0 Å². The Hall–Kier alpha value is -0.940. The molecule has 3 heterocycles. The van der Waals surface area contributed by atoms with E-state index in [9.17, 15) is 56.2 Å². The molecule has 0 spiro atoms. The van der Waals surface area contributed by atoms with Gasteiger partial charge in [0.05, 0.1) is 43.2 Å². The van der Waals surface area contributed by atoms with Crippen molar-refractivity contribution < 1.29 is 84.6 Å². The van der Waals surface area contributed by atoms with Crippen molar-refractivity contribution in [1.82, 2.24) is 0 Å². The van der Waals surface area contributed by atoms with Crippen LogP contribution in [0.2, 0.25) is 0 Å². The zero-order valence-electron chi connectivity index (χ0n) is 37.2. The quantitative estimate of drug-likeness (QED) is 0.114. The van der Waals surface area contributed by atoms with Crippen LogP contribution in [0.15, 0.2) is 11.6 Å². The van der Waals surface area contributed by atoms with Crippen LogP contribution in [0.25, 0.3) is 0 Å². The standard InChI is InChI=1S/C45H76O17/c1-18(2)8-11-27(47)19(3)31-28(60-43-40(56)37(53)34(50)29(17-46)61-43)16-26-24-10-9-22-14-23(59-41-38(54)35(51)32(48)20(4)57-41)15-30(45(22,7)25(24)12-13-44(26,31)6)62-42-39(55)36(52)33(49)21(5)58-42/h9,18-21,23-43,46-56H,8,10-17H2,1-7H3/t19?,20-,21-,23+,24?,25?,26?,27-,28-,29+,30+,31?,32-,33-,34+,35+,36+,37-,38+,39+,40+,41-,42-,43+,44-,45-/m0/s1. The highest BCUT2D eigenvalue weighted by Gasteiger charge is 2.65. The highest BCUT2D eigenvalue weighted by atomic mass is 16.7. The fourth-order valence-corrected chi connectivity index (χ4v) is 13.0. The molecule has 3 saturated heterocycles. The molecule has 0 amide bonds. The zero-order valence-corrected chi connectivity index (χ0v) is 37.2. The summed E-state index contributed by atoms with van der Waals surface area (Å²) >= 11 is 0. The third-order valence-corrected chi connectivity index (χ3v) is 16.8. The summed E-state index contributed by atoms with van der Waals surface area (Å²) in [6.07, 6.45) is -15.5. The predicted molar refractivity (Wildman–Crippen MR) is 218 cm³/mol. The van der Waals surface area contributed by atoms with Crippen LogP contribution in [0.4, 0.5) is 0 Å². The minimum atomic E-state index is -1.60. The Morgan fingerprint density at radius 1 is 0.694 bits per heavy atom. The Morgan fingerprint density at radius 2 is 1.26 bits per heavy atom. The number of aliphatic hydroxyl groups excluding tert-OH is 11.